The lowest BCUT2D eigenvalue weighted by molar-refractivity contribution is -0.141. The molecule has 0 aliphatic rings. The number of amides is 1. The van der Waals surface area contributed by atoms with Gasteiger partial charge in [-0.3, -0.25) is 4.79 Å². The number of rotatable bonds is 5. The van der Waals surface area contributed by atoms with Gasteiger partial charge in [-0.05, 0) is 29.8 Å². The first-order valence-corrected chi connectivity index (χ1v) is 9.99. The maximum Gasteiger partial charge on any atom is 0.406 e. The molecule has 0 aliphatic heterocycles. The lowest BCUT2D eigenvalue weighted by atomic mass is 10.2. The molecule has 5 nitrogen and oxygen atoms in total. The molecule has 0 aliphatic carbocycles. The fourth-order valence-electron chi connectivity index (χ4n) is 2.95. The quantitative estimate of drug-likeness (QED) is 0.412. The van der Waals surface area contributed by atoms with Gasteiger partial charge in [0.25, 0.3) is 5.91 Å². The molecule has 2 heterocycles. The lowest BCUT2D eigenvalue weighted by Crippen LogP contribution is -2.38. The summed E-state index contributed by atoms with van der Waals surface area (Å²) in [6, 6.07) is 13.9. The molecule has 0 bridgehead atoms. The summed E-state index contributed by atoms with van der Waals surface area (Å²) >= 11 is 7.29. The van der Waals surface area contributed by atoms with Crippen molar-refractivity contribution in [2.75, 3.05) is 6.54 Å². The predicted octanol–water partition coefficient (Wildman–Crippen LogP) is 5.34. The molecule has 2 aromatic carbocycles. The first-order valence-electron chi connectivity index (χ1n) is 8.79. The van der Waals surface area contributed by atoms with Crippen molar-refractivity contribution in [2.45, 2.75) is 12.7 Å². The van der Waals surface area contributed by atoms with E-state index in [1.165, 1.54) is 34.5 Å². The minimum Gasteiger partial charge on any atom is -0.325 e. The molecule has 0 radical (unpaired) electrons. The van der Waals surface area contributed by atoms with E-state index in [4.69, 9.17) is 11.6 Å². The Bertz CT molecular complexity index is 1170. The Morgan fingerprint density at radius 3 is 2.70 bits per heavy atom. The zero-order chi connectivity index (χ0) is 21.3. The number of aromatic nitrogens is 3. The molecule has 154 valence electrons. The van der Waals surface area contributed by atoms with Gasteiger partial charge in [0.1, 0.15) is 6.54 Å². The van der Waals surface area contributed by atoms with Crippen molar-refractivity contribution >= 4 is 39.1 Å². The zero-order valence-electron chi connectivity index (χ0n) is 15.3. The van der Waals surface area contributed by atoms with Crippen LogP contribution in [0, 0.1) is 0 Å². The number of halogens is 4. The van der Waals surface area contributed by atoms with Crippen molar-refractivity contribution in [1.82, 2.24) is 19.7 Å². The highest BCUT2D eigenvalue weighted by atomic mass is 35.5. The van der Waals surface area contributed by atoms with Gasteiger partial charge in [0.05, 0.1) is 22.0 Å². The summed E-state index contributed by atoms with van der Waals surface area (Å²) < 4.78 is 41.6. The third kappa shape index (κ3) is 4.63. The summed E-state index contributed by atoms with van der Waals surface area (Å²) in [5.74, 6) is -0.778. The number of thiazole rings is 1. The second kappa shape index (κ2) is 8.08. The highest BCUT2D eigenvalue weighted by molar-refractivity contribution is 7.20. The number of alkyl halides is 3. The van der Waals surface area contributed by atoms with E-state index in [1.54, 1.807) is 18.2 Å². The molecule has 0 N–H and O–H groups in total. The third-order valence-electron chi connectivity index (χ3n) is 4.23. The van der Waals surface area contributed by atoms with Gasteiger partial charge in [-0.2, -0.15) is 18.3 Å². The Morgan fingerprint density at radius 2 is 1.97 bits per heavy atom. The molecule has 0 unspecified atom stereocenters. The van der Waals surface area contributed by atoms with Crippen molar-refractivity contribution in [3.05, 3.63) is 77.1 Å². The number of carbonyl (C=O) groups excluding carboxylic acids is 1. The van der Waals surface area contributed by atoms with Gasteiger partial charge < -0.3 is 4.90 Å². The summed E-state index contributed by atoms with van der Waals surface area (Å²) in [4.78, 5) is 18.0. The average molecular weight is 451 g/mol. The Balaban J connectivity index is 1.61. The van der Waals surface area contributed by atoms with Crippen molar-refractivity contribution in [1.29, 1.82) is 0 Å². The van der Waals surface area contributed by atoms with Gasteiger partial charge in [0.15, 0.2) is 0 Å². The van der Waals surface area contributed by atoms with Crippen LogP contribution in [-0.4, -0.2) is 38.3 Å². The molecule has 0 saturated carbocycles. The van der Waals surface area contributed by atoms with Gasteiger partial charge in [-0.25, -0.2) is 9.67 Å². The average Bonchev–Trinajstić information content (AvgIpc) is 3.33. The minimum atomic E-state index is -4.54. The van der Waals surface area contributed by atoms with E-state index in [-0.39, 0.29) is 12.1 Å². The second-order valence-electron chi connectivity index (χ2n) is 6.54. The number of fused-ring (bicyclic) bond motifs is 1. The monoisotopic (exact) mass is 450 g/mol. The number of nitrogens with zero attached hydrogens (tertiary/aromatic N) is 4. The van der Waals surface area contributed by atoms with Crippen molar-refractivity contribution < 1.29 is 18.0 Å². The maximum absolute atomic E-state index is 13.1. The SMILES string of the molecule is O=C(c1cnn(-c2nc3ccccc3s2)c1)N(Cc1cccc(Cl)c1)CC(F)(F)F. The lowest BCUT2D eigenvalue weighted by Gasteiger charge is -2.23. The van der Waals surface area contributed by atoms with Crippen LogP contribution < -0.4 is 0 Å². The minimum absolute atomic E-state index is 0.0422. The van der Waals surface area contributed by atoms with Crippen LogP contribution in [0.25, 0.3) is 15.3 Å². The molecule has 1 amide bonds. The summed E-state index contributed by atoms with van der Waals surface area (Å²) in [6.45, 7) is -1.62. The van der Waals surface area contributed by atoms with Gasteiger partial charge in [0, 0.05) is 17.8 Å². The van der Waals surface area contributed by atoms with Crippen LogP contribution in [0.5, 0.6) is 0 Å². The number of carbonyl (C=O) groups is 1. The molecule has 0 atom stereocenters. The second-order valence-corrected chi connectivity index (χ2v) is 7.99. The van der Waals surface area contributed by atoms with Crippen LogP contribution in [0.4, 0.5) is 13.2 Å². The van der Waals surface area contributed by atoms with E-state index in [2.05, 4.69) is 10.1 Å². The summed E-state index contributed by atoms with van der Waals surface area (Å²) in [5, 5.41) is 5.02. The largest absolute Gasteiger partial charge is 0.406 e. The highest BCUT2D eigenvalue weighted by Crippen LogP contribution is 2.25. The summed E-state index contributed by atoms with van der Waals surface area (Å²) in [6.07, 6.45) is -1.91. The van der Waals surface area contributed by atoms with Gasteiger partial charge in [-0.1, -0.05) is 47.2 Å². The van der Waals surface area contributed by atoms with E-state index in [0.717, 1.165) is 15.1 Å². The first-order chi connectivity index (χ1) is 14.3. The first kappa shape index (κ1) is 20.4. The third-order valence-corrected chi connectivity index (χ3v) is 5.49. The van der Waals surface area contributed by atoms with Crippen LogP contribution in [0.3, 0.4) is 0 Å². The number of benzene rings is 2. The van der Waals surface area contributed by atoms with Crippen LogP contribution in [-0.2, 0) is 6.54 Å². The van der Waals surface area contributed by atoms with Crippen molar-refractivity contribution in [2.24, 2.45) is 0 Å². The number of hydrogen-bond donors (Lipinski definition) is 0. The van der Waals surface area contributed by atoms with E-state index in [0.29, 0.717) is 15.7 Å². The normalized spacial score (nSPS) is 11.7. The van der Waals surface area contributed by atoms with E-state index in [9.17, 15) is 18.0 Å². The zero-order valence-corrected chi connectivity index (χ0v) is 16.9. The maximum atomic E-state index is 13.1. The highest BCUT2D eigenvalue weighted by Gasteiger charge is 2.34. The predicted molar refractivity (Wildman–Crippen MR) is 109 cm³/mol. The number of hydrogen-bond acceptors (Lipinski definition) is 4. The van der Waals surface area contributed by atoms with Gasteiger partial charge >= 0.3 is 6.18 Å². The summed E-state index contributed by atoms with van der Waals surface area (Å²) in [7, 11) is 0. The fourth-order valence-corrected chi connectivity index (χ4v) is 4.06. The molecular formula is C20H14ClF3N4OS. The van der Waals surface area contributed by atoms with Crippen molar-refractivity contribution in [3.63, 3.8) is 0 Å². The van der Waals surface area contributed by atoms with Crippen LogP contribution >= 0.6 is 22.9 Å². The fraction of sp³-hybridized carbons (Fsp3) is 0.150. The van der Waals surface area contributed by atoms with Gasteiger partial charge in [-0.15, -0.1) is 0 Å². The molecule has 0 spiro atoms. The molecule has 0 saturated heterocycles. The Hall–Kier alpha value is -2.91. The molecule has 30 heavy (non-hydrogen) atoms. The Morgan fingerprint density at radius 1 is 1.17 bits per heavy atom. The molecule has 4 aromatic rings. The topological polar surface area (TPSA) is 51.0 Å². The van der Waals surface area contributed by atoms with E-state index in [1.807, 2.05) is 24.3 Å². The van der Waals surface area contributed by atoms with E-state index < -0.39 is 18.6 Å². The van der Waals surface area contributed by atoms with E-state index >= 15 is 0 Å². The molecule has 4 rings (SSSR count). The van der Waals surface area contributed by atoms with Crippen LogP contribution in [0.1, 0.15) is 15.9 Å². The molecule has 0 fully saturated rings. The van der Waals surface area contributed by atoms with Crippen LogP contribution in [0.15, 0.2) is 60.9 Å². The standard InChI is InChI=1S/C20H14ClF3N4OS/c21-15-5-3-4-13(8-15)10-27(12-20(22,23)24)18(29)14-9-25-28(11-14)19-26-16-6-1-2-7-17(16)30-19/h1-9,11H,10,12H2. The molecule has 2 aromatic heterocycles. The smallest absolute Gasteiger partial charge is 0.325 e. The Kier molecular flexibility index (Phi) is 5.48. The van der Waals surface area contributed by atoms with Crippen LogP contribution in [0.2, 0.25) is 5.02 Å². The summed E-state index contributed by atoms with van der Waals surface area (Å²) in [5.41, 5.74) is 1.32. The molecule has 10 heteroatoms. The van der Waals surface area contributed by atoms with Crippen molar-refractivity contribution in [3.8, 4) is 5.13 Å². The Labute approximate surface area is 178 Å². The number of para-hydroxylation sites is 1. The van der Waals surface area contributed by atoms with Gasteiger partial charge in [0.2, 0.25) is 5.13 Å². The molecular weight excluding hydrogens is 437 g/mol.